The standard InChI is InChI=1S/C20H23ClN4O2/c21-15-3-1-4-17(13-15)24-8-10-25(11-9-24)19-7-6-16(14-22-19)23-20(26)18-5-2-12-27-18/h1,3-4,6-7,13-14,18H,2,5,8-12H2,(H,23,26). The number of aromatic nitrogens is 1. The number of pyridine rings is 1. The maximum atomic E-state index is 12.1. The molecule has 0 saturated carbocycles. The Morgan fingerprint density at radius 2 is 1.96 bits per heavy atom. The highest BCUT2D eigenvalue weighted by molar-refractivity contribution is 6.30. The molecule has 0 spiro atoms. The van der Waals surface area contributed by atoms with Gasteiger partial charge >= 0.3 is 0 Å². The van der Waals surface area contributed by atoms with Gasteiger partial charge in [0.1, 0.15) is 11.9 Å². The Morgan fingerprint density at radius 3 is 2.63 bits per heavy atom. The van der Waals surface area contributed by atoms with Crippen LogP contribution in [0.5, 0.6) is 0 Å². The molecule has 27 heavy (non-hydrogen) atoms. The summed E-state index contributed by atoms with van der Waals surface area (Å²) in [5, 5.41) is 3.64. The fourth-order valence-corrected chi connectivity index (χ4v) is 3.71. The highest BCUT2D eigenvalue weighted by Crippen LogP contribution is 2.23. The molecule has 2 aliphatic heterocycles. The smallest absolute Gasteiger partial charge is 0.253 e. The van der Waals surface area contributed by atoms with Gasteiger partial charge in [-0.05, 0) is 43.2 Å². The van der Waals surface area contributed by atoms with E-state index in [1.165, 1.54) is 0 Å². The third-order valence-electron chi connectivity index (χ3n) is 5.01. The van der Waals surface area contributed by atoms with Crippen LogP contribution in [0.25, 0.3) is 0 Å². The van der Waals surface area contributed by atoms with Crippen molar-refractivity contribution in [1.82, 2.24) is 4.98 Å². The van der Waals surface area contributed by atoms with Gasteiger partial charge in [-0.3, -0.25) is 4.79 Å². The Hall–Kier alpha value is -2.31. The third-order valence-corrected chi connectivity index (χ3v) is 5.25. The number of benzene rings is 1. The fourth-order valence-electron chi connectivity index (χ4n) is 3.52. The number of nitrogens with one attached hydrogen (secondary N) is 1. The summed E-state index contributed by atoms with van der Waals surface area (Å²) >= 11 is 6.10. The van der Waals surface area contributed by atoms with Gasteiger partial charge in [-0.15, -0.1) is 0 Å². The quantitative estimate of drug-likeness (QED) is 0.874. The van der Waals surface area contributed by atoms with Gasteiger partial charge in [-0.2, -0.15) is 0 Å². The molecular formula is C20H23ClN4O2. The van der Waals surface area contributed by atoms with E-state index in [0.29, 0.717) is 12.3 Å². The number of hydrogen-bond acceptors (Lipinski definition) is 5. The van der Waals surface area contributed by atoms with Gasteiger partial charge in [0.25, 0.3) is 5.91 Å². The van der Waals surface area contributed by atoms with E-state index in [0.717, 1.165) is 55.5 Å². The number of ether oxygens (including phenoxy) is 1. The predicted molar refractivity (Wildman–Crippen MR) is 108 cm³/mol. The zero-order valence-electron chi connectivity index (χ0n) is 15.1. The van der Waals surface area contributed by atoms with Crippen molar-refractivity contribution < 1.29 is 9.53 Å². The summed E-state index contributed by atoms with van der Waals surface area (Å²) in [6.45, 7) is 4.28. The van der Waals surface area contributed by atoms with Crippen molar-refractivity contribution in [3.05, 3.63) is 47.6 Å². The molecule has 1 N–H and O–H groups in total. The second-order valence-electron chi connectivity index (χ2n) is 6.85. The molecule has 2 aliphatic rings. The topological polar surface area (TPSA) is 57.7 Å². The van der Waals surface area contributed by atoms with Crippen molar-refractivity contribution in [1.29, 1.82) is 0 Å². The molecule has 1 aromatic heterocycles. The minimum atomic E-state index is -0.329. The van der Waals surface area contributed by atoms with Gasteiger partial charge < -0.3 is 19.9 Å². The van der Waals surface area contributed by atoms with Crippen molar-refractivity contribution >= 4 is 34.7 Å². The van der Waals surface area contributed by atoms with Crippen molar-refractivity contribution in [2.75, 3.05) is 47.9 Å². The Kier molecular flexibility index (Phi) is 5.45. The molecule has 4 rings (SSSR count). The van der Waals surface area contributed by atoms with E-state index >= 15 is 0 Å². The van der Waals surface area contributed by atoms with Crippen LogP contribution < -0.4 is 15.1 Å². The van der Waals surface area contributed by atoms with Gasteiger partial charge in [0.15, 0.2) is 0 Å². The summed E-state index contributed by atoms with van der Waals surface area (Å²) in [4.78, 5) is 21.2. The van der Waals surface area contributed by atoms with E-state index in [1.807, 2.05) is 30.3 Å². The molecule has 1 aromatic carbocycles. The molecule has 1 amide bonds. The number of carbonyl (C=O) groups is 1. The lowest BCUT2D eigenvalue weighted by Gasteiger charge is -2.36. The van der Waals surface area contributed by atoms with E-state index in [4.69, 9.17) is 16.3 Å². The van der Waals surface area contributed by atoms with Crippen molar-refractivity contribution in [3.63, 3.8) is 0 Å². The molecule has 0 aliphatic carbocycles. The molecule has 142 valence electrons. The Balaban J connectivity index is 1.32. The molecule has 7 heteroatoms. The van der Waals surface area contributed by atoms with E-state index in [9.17, 15) is 4.79 Å². The molecule has 2 saturated heterocycles. The number of hydrogen-bond donors (Lipinski definition) is 1. The first-order chi connectivity index (χ1) is 13.2. The number of piperazine rings is 1. The highest BCUT2D eigenvalue weighted by atomic mass is 35.5. The molecule has 1 atom stereocenters. The highest BCUT2D eigenvalue weighted by Gasteiger charge is 2.24. The van der Waals surface area contributed by atoms with Crippen LogP contribution in [0.1, 0.15) is 12.8 Å². The number of nitrogens with zero attached hydrogens (tertiary/aromatic N) is 3. The van der Waals surface area contributed by atoms with E-state index < -0.39 is 0 Å². The van der Waals surface area contributed by atoms with Crippen LogP contribution in [0.15, 0.2) is 42.6 Å². The normalized spacial score (nSPS) is 20.0. The average Bonchev–Trinajstić information content (AvgIpc) is 3.24. The van der Waals surface area contributed by atoms with Gasteiger partial charge in [0, 0.05) is 43.5 Å². The van der Waals surface area contributed by atoms with Crippen molar-refractivity contribution in [3.8, 4) is 0 Å². The van der Waals surface area contributed by atoms with E-state index in [1.54, 1.807) is 6.20 Å². The number of halogens is 1. The Bertz CT molecular complexity index is 785. The molecule has 1 unspecified atom stereocenters. The minimum absolute atomic E-state index is 0.0859. The zero-order chi connectivity index (χ0) is 18.6. The Morgan fingerprint density at radius 1 is 1.15 bits per heavy atom. The van der Waals surface area contributed by atoms with Crippen LogP contribution in [0.3, 0.4) is 0 Å². The van der Waals surface area contributed by atoms with Gasteiger partial charge in [0.05, 0.1) is 11.9 Å². The van der Waals surface area contributed by atoms with Crippen molar-refractivity contribution in [2.45, 2.75) is 18.9 Å². The lowest BCUT2D eigenvalue weighted by molar-refractivity contribution is -0.124. The van der Waals surface area contributed by atoms with E-state index in [2.05, 4.69) is 26.2 Å². The number of rotatable bonds is 4. The van der Waals surface area contributed by atoms with Gasteiger partial charge in [0.2, 0.25) is 0 Å². The SMILES string of the molecule is O=C(Nc1ccc(N2CCN(c3cccc(Cl)c3)CC2)nc1)C1CCCO1. The summed E-state index contributed by atoms with van der Waals surface area (Å²) in [5.74, 6) is 0.841. The first-order valence-corrected chi connectivity index (χ1v) is 9.71. The van der Waals surface area contributed by atoms with Crippen LogP contribution in [0.4, 0.5) is 17.2 Å². The van der Waals surface area contributed by atoms with Crippen LogP contribution in [-0.2, 0) is 9.53 Å². The maximum Gasteiger partial charge on any atom is 0.253 e. The van der Waals surface area contributed by atoms with Crippen LogP contribution in [-0.4, -0.2) is 49.8 Å². The van der Waals surface area contributed by atoms with E-state index in [-0.39, 0.29) is 12.0 Å². The molecular weight excluding hydrogens is 364 g/mol. The summed E-state index contributed by atoms with van der Waals surface area (Å²) in [6, 6.07) is 11.8. The zero-order valence-corrected chi connectivity index (χ0v) is 15.9. The molecule has 2 fully saturated rings. The lowest BCUT2D eigenvalue weighted by Crippen LogP contribution is -2.46. The second kappa shape index (κ2) is 8.15. The van der Waals surface area contributed by atoms with Crippen LogP contribution >= 0.6 is 11.6 Å². The molecule has 2 aromatic rings. The first kappa shape index (κ1) is 18.1. The first-order valence-electron chi connectivity index (χ1n) is 9.33. The summed E-state index contributed by atoms with van der Waals surface area (Å²) < 4.78 is 5.41. The number of carbonyl (C=O) groups excluding carboxylic acids is 1. The fraction of sp³-hybridized carbons (Fsp3) is 0.400. The minimum Gasteiger partial charge on any atom is -0.368 e. The molecule has 0 bridgehead atoms. The Labute approximate surface area is 164 Å². The average molecular weight is 387 g/mol. The van der Waals surface area contributed by atoms with Crippen LogP contribution in [0, 0.1) is 0 Å². The predicted octanol–water partition coefficient (Wildman–Crippen LogP) is 3.18. The maximum absolute atomic E-state index is 12.1. The number of anilines is 3. The monoisotopic (exact) mass is 386 g/mol. The second-order valence-corrected chi connectivity index (χ2v) is 7.29. The molecule has 6 nitrogen and oxygen atoms in total. The molecule has 0 radical (unpaired) electrons. The summed E-state index contributed by atoms with van der Waals surface area (Å²) in [7, 11) is 0. The summed E-state index contributed by atoms with van der Waals surface area (Å²) in [5.41, 5.74) is 1.86. The van der Waals surface area contributed by atoms with Gasteiger partial charge in [-0.1, -0.05) is 17.7 Å². The van der Waals surface area contributed by atoms with Gasteiger partial charge in [-0.25, -0.2) is 4.98 Å². The van der Waals surface area contributed by atoms with Crippen molar-refractivity contribution in [2.24, 2.45) is 0 Å². The third kappa shape index (κ3) is 4.34. The largest absolute Gasteiger partial charge is 0.368 e. The molecule has 3 heterocycles. The number of amides is 1. The summed E-state index contributed by atoms with van der Waals surface area (Å²) in [6.07, 6.45) is 3.11. The lowest BCUT2D eigenvalue weighted by atomic mass is 10.2. The van der Waals surface area contributed by atoms with Crippen LogP contribution in [0.2, 0.25) is 5.02 Å².